The van der Waals surface area contributed by atoms with E-state index >= 15 is 0 Å². The van der Waals surface area contributed by atoms with Crippen molar-refractivity contribution in [2.75, 3.05) is 32.8 Å². The molecule has 2 heterocycles. The van der Waals surface area contributed by atoms with Gasteiger partial charge in [-0.15, -0.1) is 16.2 Å². The summed E-state index contributed by atoms with van der Waals surface area (Å²) in [6.45, 7) is 5.84. The lowest BCUT2D eigenvalue weighted by molar-refractivity contribution is 0.0272. The number of hydrogen-bond acceptors (Lipinski definition) is 6. The van der Waals surface area contributed by atoms with E-state index in [1.807, 2.05) is 12.3 Å². The van der Waals surface area contributed by atoms with Crippen LogP contribution in [0.4, 0.5) is 0 Å². The van der Waals surface area contributed by atoms with Gasteiger partial charge in [-0.2, -0.15) is 0 Å². The van der Waals surface area contributed by atoms with E-state index in [-0.39, 0.29) is 0 Å². The molecule has 2 N–H and O–H groups in total. The van der Waals surface area contributed by atoms with Crippen molar-refractivity contribution in [1.82, 2.24) is 15.2 Å². The zero-order valence-electron chi connectivity index (χ0n) is 10.9. The highest BCUT2D eigenvalue weighted by molar-refractivity contribution is 7.91. The van der Waals surface area contributed by atoms with Gasteiger partial charge in [-0.3, -0.25) is 0 Å². The van der Waals surface area contributed by atoms with Crippen LogP contribution >= 0.6 is 11.3 Å². The van der Waals surface area contributed by atoms with Gasteiger partial charge in [-0.05, 0) is 23.6 Å². The third-order valence-electron chi connectivity index (χ3n) is 2.73. The van der Waals surface area contributed by atoms with Gasteiger partial charge in [-0.1, -0.05) is 6.92 Å². The molecule has 1 aliphatic heterocycles. The van der Waals surface area contributed by atoms with Crippen molar-refractivity contribution in [3.05, 3.63) is 17.0 Å². The molecule has 1 fully saturated rings. The molecule has 0 radical (unpaired) electrons. The minimum atomic E-state index is -3.45. The summed E-state index contributed by atoms with van der Waals surface area (Å²) in [7, 11) is -3.45. The Morgan fingerprint density at radius 1 is 1.42 bits per heavy atom. The van der Waals surface area contributed by atoms with Gasteiger partial charge in [0.2, 0.25) is 0 Å². The molecule has 0 unspecified atom stereocenters. The van der Waals surface area contributed by atoms with E-state index < -0.39 is 10.0 Å². The fourth-order valence-electron chi connectivity index (χ4n) is 1.73. The molecule has 2 rings (SSSR count). The number of ether oxygens (including phenoxy) is 1. The van der Waals surface area contributed by atoms with Crippen LogP contribution in [0, 0.1) is 0 Å². The molecule has 1 aliphatic rings. The first-order chi connectivity index (χ1) is 9.12. The Bertz CT molecular complexity index is 495. The molecule has 0 aromatic carbocycles. The molecule has 6 nitrogen and oxygen atoms in total. The monoisotopic (exact) mass is 305 g/mol. The Morgan fingerprint density at radius 2 is 2.16 bits per heavy atom. The molecule has 1 aromatic rings. The molecule has 0 spiro atoms. The lowest BCUT2D eigenvalue weighted by atomic mass is 10.3. The average Bonchev–Trinajstić information content (AvgIpc) is 2.86. The summed E-state index contributed by atoms with van der Waals surface area (Å²) in [4.78, 5) is 2.60. The van der Waals surface area contributed by atoms with Gasteiger partial charge in [0, 0.05) is 19.6 Å². The van der Waals surface area contributed by atoms with Crippen LogP contribution in [-0.4, -0.2) is 46.3 Å². The Morgan fingerprint density at radius 3 is 2.84 bits per heavy atom. The highest BCUT2D eigenvalue weighted by atomic mass is 32.2. The summed E-state index contributed by atoms with van der Waals surface area (Å²) in [5.41, 5.74) is 0.995. The summed E-state index contributed by atoms with van der Waals surface area (Å²) in [5.74, 6) is 0. The maximum Gasteiger partial charge on any atom is 0.262 e. The molecule has 0 amide bonds. The fourth-order valence-corrected chi connectivity index (χ4v) is 4.05. The first kappa shape index (κ1) is 14.9. The Balaban J connectivity index is 1.99. The smallest absolute Gasteiger partial charge is 0.262 e. The van der Waals surface area contributed by atoms with Crippen molar-refractivity contribution in [3.8, 4) is 0 Å². The Kier molecular flexibility index (Phi) is 5.31. The summed E-state index contributed by atoms with van der Waals surface area (Å²) in [5, 5.41) is 6.73. The Labute approximate surface area is 117 Å². The normalized spacial score (nSPS) is 17.7. The lowest BCUT2D eigenvalue weighted by Crippen LogP contribution is -2.48. The van der Waals surface area contributed by atoms with E-state index in [9.17, 15) is 8.42 Å². The quantitative estimate of drug-likeness (QED) is 0.795. The van der Waals surface area contributed by atoms with Crippen molar-refractivity contribution in [3.63, 3.8) is 0 Å². The minimum absolute atomic E-state index is 0.354. The molecule has 108 valence electrons. The number of nitrogens with one attached hydrogen (secondary N) is 2. The number of thiophene rings is 1. The minimum Gasteiger partial charge on any atom is -0.379 e. The maximum absolute atomic E-state index is 12.2. The predicted octanol–water partition coefficient (Wildman–Crippen LogP) is 0.383. The second-order valence-electron chi connectivity index (χ2n) is 4.25. The first-order valence-electron chi connectivity index (χ1n) is 6.25. The summed E-state index contributed by atoms with van der Waals surface area (Å²) >= 11 is 1.25. The van der Waals surface area contributed by atoms with E-state index in [1.54, 1.807) is 11.1 Å². The molecule has 19 heavy (non-hydrogen) atoms. The summed E-state index contributed by atoms with van der Waals surface area (Å²) < 4.78 is 29.9. The van der Waals surface area contributed by atoms with E-state index in [1.165, 1.54) is 11.3 Å². The van der Waals surface area contributed by atoms with E-state index in [4.69, 9.17) is 4.74 Å². The molecule has 1 aromatic heterocycles. The van der Waals surface area contributed by atoms with E-state index in [2.05, 4.69) is 10.1 Å². The second kappa shape index (κ2) is 6.78. The van der Waals surface area contributed by atoms with Crippen LogP contribution < -0.4 is 10.1 Å². The average molecular weight is 305 g/mol. The predicted molar refractivity (Wildman–Crippen MR) is 74.4 cm³/mol. The number of hydrogen-bond donors (Lipinski definition) is 2. The highest BCUT2D eigenvalue weighted by Gasteiger charge is 2.21. The maximum atomic E-state index is 12.2. The number of sulfonamides is 1. The number of nitrogens with zero attached hydrogens (tertiary/aromatic N) is 1. The SMILES string of the molecule is CCNCc1csc(S(=O)(=O)NN2CCOCC2)c1. The molecule has 1 saturated heterocycles. The van der Waals surface area contributed by atoms with Gasteiger partial charge in [-0.25, -0.2) is 13.4 Å². The van der Waals surface area contributed by atoms with Gasteiger partial charge in [0.25, 0.3) is 10.0 Å². The van der Waals surface area contributed by atoms with Crippen LogP contribution in [0.15, 0.2) is 15.7 Å². The van der Waals surface area contributed by atoms with Gasteiger partial charge < -0.3 is 10.1 Å². The van der Waals surface area contributed by atoms with Gasteiger partial charge >= 0.3 is 0 Å². The van der Waals surface area contributed by atoms with Crippen LogP contribution in [0.25, 0.3) is 0 Å². The fraction of sp³-hybridized carbons (Fsp3) is 0.636. The molecule has 8 heteroatoms. The first-order valence-corrected chi connectivity index (χ1v) is 8.61. The largest absolute Gasteiger partial charge is 0.379 e. The summed E-state index contributed by atoms with van der Waals surface area (Å²) in [6.07, 6.45) is 0. The second-order valence-corrected chi connectivity index (χ2v) is 7.05. The zero-order valence-corrected chi connectivity index (χ0v) is 12.5. The van der Waals surface area contributed by atoms with Crippen molar-refractivity contribution in [2.24, 2.45) is 0 Å². The van der Waals surface area contributed by atoms with Crippen molar-refractivity contribution in [1.29, 1.82) is 0 Å². The van der Waals surface area contributed by atoms with E-state index in [0.29, 0.717) is 37.1 Å². The van der Waals surface area contributed by atoms with Crippen molar-refractivity contribution >= 4 is 21.4 Å². The lowest BCUT2D eigenvalue weighted by Gasteiger charge is -2.26. The van der Waals surface area contributed by atoms with Crippen LogP contribution in [-0.2, 0) is 21.3 Å². The third kappa shape index (κ3) is 4.23. The van der Waals surface area contributed by atoms with Crippen LogP contribution in [0.5, 0.6) is 0 Å². The molecule has 0 aliphatic carbocycles. The zero-order chi connectivity index (χ0) is 13.7. The number of rotatable bonds is 6. The van der Waals surface area contributed by atoms with E-state index in [0.717, 1.165) is 12.1 Å². The number of hydrazine groups is 1. The van der Waals surface area contributed by atoms with Gasteiger partial charge in [0.1, 0.15) is 4.21 Å². The third-order valence-corrected chi connectivity index (χ3v) is 5.60. The van der Waals surface area contributed by atoms with Crippen LogP contribution in [0.3, 0.4) is 0 Å². The topological polar surface area (TPSA) is 70.7 Å². The standard InChI is InChI=1S/C11H19N3O3S2/c1-2-12-8-10-7-11(18-9-10)19(15,16)13-14-3-5-17-6-4-14/h7,9,12-13H,2-6,8H2,1H3. The van der Waals surface area contributed by atoms with Crippen molar-refractivity contribution < 1.29 is 13.2 Å². The molecular weight excluding hydrogens is 286 g/mol. The molecule has 0 saturated carbocycles. The van der Waals surface area contributed by atoms with Crippen LogP contribution in [0.1, 0.15) is 12.5 Å². The Hall–Kier alpha value is -0.510. The molecule has 0 bridgehead atoms. The van der Waals surface area contributed by atoms with Crippen LogP contribution in [0.2, 0.25) is 0 Å². The number of morpholine rings is 1. The van der Waals surface area contributed by atoms with Gasteiger partial charge in [0.15, 0.2) is 0 Å². The van der Waals surface area contributed by atoms with Gasteiger partial charge in [0.05, 0.1) is 13.2 Å². The summed E-state index contributed by atoms with van der Waals surface area (Å²) in [6, 6.07) is 1.72. The molecule has 0 atom stereocenters. The highest BCUT2D eigenvalue weighted by Crippen LogP contribution is 2.20. The molecular formula is C11H19N3O3S2. The van der Waals surface area contributed by atoms with Crippen molar-refractivity contribution in [2.45, 2.75) is 17.7 Å².